The van der Waals surface area contributed by atoms with Gasteiger partial charge in [0.1, 0.15) is 11.6 Å². The summed E-state index contributed by atoms with van der Waals surface area (Å²) < 4.78 is 5.82. The summed E-state index contributed by atoms with van der Waals surface area (Å²) in [5, 5.41) is 5.54. The van der Waals surface area contributed by atoms with Crippen LogP contribution in [0.1, 0.15) is 18.9 Å². The molecule has 0 saturated carbocycles. The standard InChI is InChI=1S/C18H27N5O2/c1-13-6-7-16(25-9-5-8-23(3)4)15(10-13)21-18(24)22-17-12-19-14(2)11-20-17/h6-7,10,12,14H,5,8-9,11H2,1-4H3,(H2,20,21,22,24)/t14-/m1/s1. The van der Waals surface area contributed by atoms with Gasteiger partial charge in [-0.1, -0.05) is 6.07 Å². The Morgan fingerprint density at radius 1 is 1.36 bits per heavy atom. The average Bonchev–Trinajstić information content (AvgIpc) is 2.55. The monoisotopic (exact) mass is 345 g/mol. The first-order chi connectivity index (χ1) is 11.9. The lowest BCUT2D eigenvalue weighted by Gasteiger charge is -2.16. The normalized spacial score (nSPS) is 16.5. The Bertz CT molecular complexity index is 655. The molecule has 0 fully saturated rings. The zero-order valence-electron chi connectivity index (χ0n) is 15.4. The number of carbonyl (C=O) groups excluding carboxylic acids is 1. The summed E-state index contributed by atoms with van der Waals surface area (Å²) in [5.41, 5.74) is 1.69. The minimum atomic E-state index is -0.358. The third-order valence-corrected chi connectivity index (χ3v) is 3.61. The number of nitrogens with one attached hydrogen (secondary N) is 2. The molecule has 0 spiro atoms. The summed E-state index contributed by atoms with van der Waals surface area (Å²) in [6.45, 7) is 6.07. The van der Waals surface area contributed by atoms with Crippen molar-refractivity contribution < 1.29 is 9.53 Å². The topological polar surface area (TPSA) is 78.3 Å². The largest absolute Gasteiger partial charge is 0.491 e. The van der Waals surface area contributed by atoms with E-state index in [9.17, 15) is 4.79 Å². The molecule has 2 amide bonds. The van der Waals surface area contributed by atoms with Crippen molar-refractivity contribution in [2.24, 2.45) is 9.98 Å². The quantitative estimate of drug-likeness (QED) is 0.777. The van der Waals surface area contributed by atoms with Gasteiger partial charge >= 0.3 is 6.03 Å². The summed E-state index contributed by atoms with van der Waals surface area (Å²) in [5.74, 6) is 1.13. The Balaban J connectivity index is 1.94. The number of aliphatic imine (C=N–C) groups is 2. The van der Waals surface area contributed by atoms with Crippen LogP contribution in [0.2, 0.25) is 0 Å². The summed E-state index contributed by atoms with van der Waals surface area (Å²) >= 11 is 0. The summed E-state index contributed by atoms with van der Waals surface area (Å²) in [6.07, 6.45) is 2.50. The number of anilines is 1. The van der Waals surface area contributed by atoms with Gasteiger partial charge in [0.2, 0.25) is 0 Å². The third kappa shape index (κ3) is 6.54. The van der Waals surface area contributed by atoms with E-state index < -0.39 is 0 Å². The number of amides is 2. The molecule has 2 N–H and O–H groups in total. The lowest BCUT2D eigenvalue weighted by Crippen LogP contribution is -2.37. The van der Waals surface area contributed by atoms with Gasteiger partial charge in [0, 0.05) is 6.54 Å². The molecule has 0 radical (unpaired) electrons. The van der Waals surface area contributed by atoms with Crippen LogP contribution in [0, 0.1) is 6.92 Å². The van der Waals surface area contributed by atoms with Gasteiger partial charge in [-0.3, -0.25) is 15.3 Å². The molecule has 0 unspecified atom stereocenters. The van der Waals surface area contributed by atoms with Crippen molar-refractivity contribution >= 4 is 23.8 Å². The van der Waals surface area contributed by atoms with E-state index in [4.69, 9.17) is 4.74 Å². The van der Waals surface area contributed by atoms with Gasteiger partial charge in [-0.25, -0.2) is 4.79 Å². The molecule has 0 aromatic heterocycles. The molecule has 7 nitrogen and oxygen atoms in total. The number of carbonyl (C=O) groups is 1. The molecule has 0 saturated heterocycles. The van der Waals surface area contributed by atoms with Gasteiger partial charge in [-0.2, -0.15) is 0 Å². The van der Waals surface area contributed by atoms with Crippen LogP contribution < -0.4 is 15.4 Å². The van der Waals surface area contributed by atoms with Gasteiger partial charge < -0.3 is 15.0 Å². The first-order valence-electron chi connectivity index (χ1n) is 8.48. The zero-order valence-corrected chi connectivity index (χ0v) is 15.4. The molecule has 1 aliphatic rings. The third-order valence-electron chi connectivity index (χ3n) is 3.61. The molecule has 1 heterocycles. The fraction of sp³-hybridized carbons (Fsp3) is 0.500. The molecular weight excluding hydrogens is 318 g/mol. The van der Waals surface area contributed by atoms with Crippen molar-refractivity contribution in [3.8, 4) is 5.75 Å². The van der Waals surface area contributed by atoms with Crippen LogP contribution in [0.25, 0.3) is 0 Å². The van der Waals surface area contributed by atoms with E-state index in [0.717, 1.165) is 18.5 Å². The molecule has 136 valence electrons. The second kappa shape index (κ2) is 9.17. The number of rotatable bonds is 6. The van der Waals surface area contributed by atoms with Crippen LogP contribution >= 0.6 is 0 Å². The number of nitrogens with zero attached hydrogens (tertiary/aromatic N) is 3. The van der Waals surface area contributed by atoms with Crippen molar-refractivity contribution in [2.75, 3.05) is 39.1 Å². The number of aryl methyl sites for hydroxylation is 1. The molecule has 0 aliphatic carbocycles. The maximum Gasteiger partial charge on any atom is 0.324 e. The van der Waals surface area contributed by atoms with Crippen LogP contribution in [0.15, 0.2) is 28.2 Å². The van der Waals surface area contributed by atoms with E-state index in [1.807, 2.05) is 46.1 Å². The molecule has 25 heavy (non-hydrogen) atoms. The SMILES string of the molecule is Cc1ccc(OCCCN(C)C)c(NC(=O)NC2=NC[C@@H](C)N=C2)c1. The Labute approximate surface area is 149 Å². The van der Waals surface area contributed by atoms with Crippen LogP contribution in [0.5, 0.6) is 5.75 Å². The molecule has 1 aromatic rings. The minimum Gasteiger partial charge on any atom is -0.491 e. The van der Waals surface area contributed by atoms with Crippen LogP contribution in [0.3, 0.4) is 0 Å². The minimum absolute atomic E-state index is 0.160. The van der Waals surface area contributed by atoms with Crippen molar-refractivity contribution in [3.63, 3.8) is 0 Å². The molecule has 1 aromatic carbocycles. The van der Waals surface area contributed by atoms with E-state index >= 15 is 0 Å². The molecular formula is C18H27N5O2. The van der Waals surface area contributed by atoms with Crippen molar-refractivity contribution in [1.29, 1.82) is 0 Å². The van der Waals surface area contributed by atoms with E-state index in [0.29, 0.717) is 30.4 Å². The first-order valence-corrected chi connectivity index (χ1v) is 8.48. The summed E-state index contributed by atoms with van der Waals surface area (Å²) in [6, 6.07) is 5.53. The van der Waals surface area contributed by atoms with Crippen LogP contribution in [-0.2, 0) is 0 Å². The molecule has 1 aliphatic heterocycles. The van der Waals surface area contributed by atoms with E-state index in [1.165, 1.54) is 0 Å². The van der Waals surface area contributed by atoms with Crippen molar-refractivity contribution in [1.82, 2.24) is 10.2 Å². The van der Waals surface area contributed by atoms with Gasteiger partial charge in [0.05, 0.1) is 31.1 Å². The Hall–Kier alpha value is -2.41. The average molecular weight is 345 g/mol. The number of hydrogen-bond acceptors (Lipinski definition) is 5. The molecule has 0 bridgehead atoms. The zero-order chi connectivity index (χ0) is 18.2. The number of ether oxygens (including phenoxy) is 1. The van der Waals surface area contributed by atoms with Gasteiger partial charge in [-0.15, -0.1) is 0 Å². The Morgan fingerprint density at radius 2 is 2.16 bits per heavy atom. The molecule has 2 rings (SSSR count). The van der Waals surface area contributed by atoms with Crippen molar-refractivity contribution in [3.05, 3.63) is 23.8 Å². The van der Waals surface area contributed by atoms with E-state index in [-0.39, 0.29) is 12.1 Å². The van der Waals surface area contributed by atoms with E-state index in [2.05, 4.69) is 25.5 Å². The highest BCUT2D eigenvalue weighted by Crippen LogP contribution is 2.25. The number of hydrogen-bond donors (Lipinski definition) is 2. The second-order valence-corrected chi connectivity index (χ2v) is 6.44. The fourth-order valence-electron chi connectivity index (χ4n) is 2.29. The number of amidine groups is 1. The Kier molecular flexibility index (Phi) is 6.94. The van der Waals surface area contributed by atoms with Crippen molar-refractivity contribution in [2.45, 2.75) is 26.3 Å². The lowest BCUT2D eigenvalue weighted by molar-refractivity contribution is 0.255. The maximum absolute atomic E-state index is 12.2. The highest BCUT2D eigenvalue weighted by Gasteiger charge is 2.12. The summed E-state index contributed by atoms with van der Waals surface area (Å²) in [4.78, 5) is 22.8. The van der Waals surface area contributed by atoms with Gasteiger partial charge in [-0.05, 0) is 52.1 Å². The highest BCUT2D eigenvalue weighted by atomic mass is 16.5. The highest BCUT2D eigenvalue weighted by molar-refractivity contribution is 6.33. The predicted octanol–water partition coefficient (Wildman–Crippen LogP) is 2.32. The summed E-state index contributed by atoms with van der Waals surface area (Å²) in [7, 11) is 4.06. The first kappa shape index (κ1) is 18.9. The number of urea groups is 1. The lowest BCUT2D eigenvalue weighted by atomic mass is 10.2. The smallest absolute Gasteiger partial charge is 0.324 e. The van der Waals surface area contributed by atoms with E-state index in [1.54, 1.807) is 6.21 Å². The fourth-order valence-corrected chi connectivity index (χ4v) is 2.29. The van der Waals surface area contributed by atoms with Gasteiger partial charge in [0.15, 0.2) is 0 Å². The maximum atomic E-state index is 12.2. The Morgan fingerprint density at radius 3 is 2.84 bits per heavy atom. The molecule has 1 atom stereocenters. The second-order valence-electron chi connectivity index (χ2n) is 6.44. The van der Waals surface area contributed by atoms with Crippen LogP contribution in [0.4, 0.5) is 10.5 Å². The number of benzene rings is 1. The molecule has 7 heteroatoms. The van der Waals surface area contributed by atoms with Crippen LogP contribution in [-0.4, -0.2) is 62.8 Å². The predicted molar refractivity (Wildman–Crippen MR) is 102 cm³/mol. The van der Waals surface area contributed by atoms with Gasteiger partial charge in [0.25, 0.3) is 0 Å².